The van der Waals surface area contributed by atoms with Crippen LogP contribution in [0.5, 0.6) is 0 Å². The molecule has 0 unspecified atom stereocenters. The van der Waals surface area contributed by atoms with Crippen LogP contribution in [0.25, 0.3) is 0 Å². The molecule has 0 aromatic rings. The molecule has 0 aromatic carbocycles. The van der Waals surface area contributed by atoms with Crippen LogP contribution < -0.4 is 15.5 Å². The van der Waals surface area contributed by atoms with Crippen LogP contribution in [0.4, 0.5) is 0 Å². The molecule has 4 nitrogen and oxygen atoms in total. The monoisotopic (exact) mass is 166 g/mol. The Morgan fingerprint density at radius 2 is 1.80 bits per heavy atom. The van der Waals surface area contributed by atoms with E-state index in [0.717, 1.165) is 0 Å². The molecule has 0 aliphatic heterocycles. The van der Waals surface area contributed by atoms with Gasteiger partial charge in [-0.15, -0.1) is 0 Å². The van der Waals surface area contributed by atoms with Crippen LogP contribution in [-0.4, -0.2) is 5.28 Å². The van der Waals surface area contributed by atoms with E-state index < -0.39 is 12.9 Å². The van der Waals surface area contributed by atoms with Crippen LogP contribution in [0.2, 0.25) is 0 Å². The molecule has 0 rings (SSSR count). The second-order valence-electron chi connectivity index (χ2n) is 3.01. The van der Waals surface area contributed by atoms with Crippen LogP contribution in [-0.2, 0) is 4.57 Å². The second-order valence-corrected chi connectivity index (χ2v) is 5.03. The van der Waals surface area contributed by atoms with E-state index in [9.17, 15) is 14.4 Å². The highest BCUT2D eigenvalue weighted by Gasteiger charge is 2.31. The van der Waals surface area contributed by atoms with Gasteiger partial charge in [0.25, 0.3) is 0 Å². The molecule has 0 radical (unpaired) electrons. The van der Waals surface area contributed by atoms with Crippen LogP contribution >= 0.6 is 7.60 Å². The Morgan fingerprint density at radius 3 is 1.80 bits per heavy atom. The van der Waals surface area contributed by atoms with Crippen molar-refractivity contribution in [3.05, 3.63) is 0 Å². The fraction of sp³-hybridized carbons (Fsp3) is 1.00. The molecule has 0 bridgehead atoms. The highest BCUT2D eigenvalue weighted by molar-refractivity contribution is 7.50. The first-order chi connectivity index (χ1) is 4.19. The third-order valence-electron chi connectivity index (χ3n) is 1.87. The lowest BCUT2D eigenvalue weighted by Gasteiger charge is -2.43. The van der Waals surface area contributed by atoms with Crippen molar-refractivity contribution in [1.29, 1.82) is 0 Å². The summed E-state index contributed by atoms with van der Waals surface area (Å²) in [6, 6.07) is 0. The fourth-order valence-corrected chi connectivity index (χ4v) is 0.949. The Bertz CT molecular complexity index is 160. The number of hydrogen-bond donors (Lipinski definition) is 1. The minimum Gasteiger partial charge on any atom is -0.806 e. The first kappa shape index (κ1) is 10.1. The molecule has 0 amide bonds. The van der Waals surface area contributed by atoms with Gasteiger partial charge in [-0.3, -0.25) is 0 Å². The Labute approximate surface area is 60.6 Å². The van der Waals surface area contributed by atoms with Crippen molar-refractivity contribution in [2.24, 2.45) is 5.92 Å². The van der Waals surface area contributed by atoms with Crippen LogP contribution in [0.15, 0.2) is 0 Å². The summed E-state index contributed by atoms with van der Waals surface area (Å²) < 4.78 is 10.5. The van der Waals surface area contributed by atoms with Gasteiger partial charge < -0.3 is 20.1 Å². The lowest BCUT2D eigenvalue weighted by atomic mass is 10.1. The highest BCUT2D eigenvalue weighted by Crippen LogP contribution is 2.41. The Morgan fingerprint density at radius 1 is 1.50 bits per heavy atom. The highest BCUT2D eigenvalue weighted by atomic mass is 31.2. The first-order valence-electron chi connectivity index (χ1n) is 3.07. The van der Waals surface area contributed by atoms with Gasteiger partial charge >= 0.3 is 0 Å². The van der Waals surface area contributed by atoms with Gasteiger partial charge in [0, 0.05) is 5.92 Å². The number of rotatable bonds is 2. The van der Waals surface area contributed by atoms with E-state index in [4.69, 9.17) is 0 Å². The number of quaternary nitrogens is 1. The summed E-state index contributed by atoms with van der Waals surface area (Å²) in [6.45, 7) is 4.67. The average Bonchev–Trinajstić information content (AvgIpc) is 1.62. The smallest absolute Gasteiger partial charge is 0.119 e. The number of hydrogen-bond acceptors (Lipinski definition) is 3. The summed E-state index contributed by atoms with van der Waals surface area (Å²) >= 11 is 0. The van der Waals surface area contributed by atoms with Gasteiger partial charge in [0.15, 0.2) is 0 Å². The van der Waals surface area contributed by atoms with Gasteiger partial charge in [0.2, 0.25) is 0 Å². The summed E-state index contributed by atoms with van der Waals surface area (Å²) in [7, 11) is -4.54. The van der Waals surface area contributed by atoms with E-state index in [0.29, 0.717) is 0 Å². The molecule has 10 heavy (non-hydrogen) atoms. The molecule has 0 saturated carbocycles. The van der Waals surface area contributed by atoms with Crippen LogP contribution in [0, 0.1) is 5.92 Å². The van der Waals surface area contributed by atoms with E-state index in [-0.39, 0.29) is 5.92 Å². The Hall–Kier alpha value is 0.110. The third kappa shape index (κ3) is 1.80. The summed E-state index contributed by atoms with van der Waals surface area (Å²) in [5.74, 6) is -0.242. The molecular weight excluding hydrogens is 153 g/mol. The predicted molar refractivity (Wildman–Crippen MR) is 33.7 cm³/mol. The molecule has 0 aliphatic rings. The zero-order valence-electron chi connectivity index (χ0n) is 6.46. The summed E-state index contributed by atoms with van der Waals surface area (Å²) in [4.78, 5) is 21.0. The maximum absolute atomic E-state index is 10.5. The van der Waals surface area contributed by atoms with E-state index in [1.54, 1.807) is 13.8 Å². The molecule has 0 aliphatic carbocycles. The zero-order valence-corrected chi connectivity index (χ0v) is 7.35. The van der Waals surface area contributed by atoms with E-state index in [1.807, 2.05) is 0 Å². The molecule has 62 valence electrons. The fourth-order valence-electron chi connectivity index (χ4n) is 0.316. The molecule has 0 aromatic heterocycles. The molecule has 1 atom stereocenters. The van der Waals surface area contributed by atoms with Gasteiger partial charge in [-0.2, -0.15) is 0 Å². The summed E-state index contributed by atoms with van der Waals surface area (Å²) in [5.41, 5.74) is 3.35. The molecule has 5 heteroatoms. The minimum atomic E-state index is -4.54. The van der Waals surface area contributed by atoms with Crippen molar-refractivity contribution in [3.63, 3.8) is 0 Å². The largest absolute Gasteiger partial charge is 0.806 e. The SMILES string of the molecule is CC(C)[C@@](C)([NH3+])P(=O)([O-])[O-]. The van der Waals surface area contributed by atoms with Crippen molar-refractivity contribution in [1.82, 2.24) is 0 Å². The Balaban J connectivity index is 4.58. The standard InChI is InChI=1S/C5H14NO3P/c1-4(2)5(3,6)10(7,8)9/h4H,6H2,1-3H3,(H2,7,8,9)/p-1/t5-/m0/s1. The van der Waals surface area contributed by atoms with Crippen molar-refractivity contribution in [2.45, 2.75) is 26.1 Å². The lowest BCUT2D eigenvalue weighted by molar-refractivity contribution is -0.481. The minimum absolute atomic E-state index is 0.242. The molecule has 0 saturated heterocycles. The zero-order chi connectivity index (χ0) is 8.58. The van der Waals surface area contributed by atoms with E-state index in [2.05, 4.69) is 5.73 Å². The second kappa shape index (κ2) is 2.62. The van der Waals surface area contributed by atoms with Gasteiger partial charge in [0.05, 0.1) is 0 Å². The van der Waals surface area contributed by atoms with Crippen molar-refractivity contribution >= 4 is 7.60 Å². The topological polar surface area (TPSA) is 90.8 Å². The lowest BCUT2D eigenvalue weighted by Crippen LogP contribution is -2.75. The maximum Gasteiger partial charge on any atom is 0.119 e. The predicted octanol–water partition coefficient (Wildman–Crippen LogP) is -1.49. The quantitative estimate of drug-likeness (QED) is 0.507. The first-order valence-corrected chi connectivity index (χ1v) is 4.61. The third-order valence-corrected chi connectivity index (χ3v) is 3.64. The summed E-state index contributed by atoms with van der Waals surface area (Å²) in [6.07, 6.45) is 0. The summed E-state index contributed by atoms with van der Waals surface area (Å²) in [5, 5.41) is -1.37. The van der Waals surface area contributed by atoms with E-state index in [1.165, 1.54) is 6.92 Å². The molecular formula is C5H13NO3P-. The molecule has 0 fully saturated rings. The van der Waals surface area contributed by atoms with Crippen LogP contribution in [0.3, 0.4) is 0 Å². The molecule has 0 spiro atoms. The van der Waals surface area contributed by atoms with Crippen molar-refractivity contribution in [2.75, 3.05) is 0 Å². The normalized spacial score (nSPS) is 19.1. The van der Waals surface area contributed by atoms with Gasteiger partial charge in [-0.1, -0.05) is 13.8 Å². The van der Waals surface area contributed by atoms with Crippen LogP contribution in [0.1, 0.15) is 20.8 Å². The van der Waals surface area contributed by atoms with Crippen molar-refractivity contribution in [3.8, 4) is 0 Å². The Kier molecular flexibility index (Phi) is 2.65. The maximum atomic E-state index is 10.5. The van der Waals surface area contributed by atoms with Gasteiger partial charge in [-0.25, -0.2) is 0 Å². The van der Waals surface area contributed by atoms with E-state index >= 15 is 0 Å². The van der Waals surface area contributed by atoms with Crippen molar-refractivity contribution < 1.29 is 20.1 Å². The average molecular weight is 166 g/mol. The van der Waals surface area contributed by atoms with Gasteiger partial charge in [-0.05, 0) is 14.5 Å². The molecule has 3 N–H and O–H groups in total. The molecule has 0 heterocycles. The van der Waals surface area contributed by atoms with Gasteiger partial charge in [0.1, 0.15) is 5.28 Å².